The van der Waals surface area contributed by atoms with Crippen LogP contribution >= 0.6 is 0 Å². The molecule has 5 N–H and O–H groups in total. The first kappa shape index (κ1) is 31.1. The summed E-state index contributed by atoms with van der Waals surface area (Å²) in [5.74, 6) is 0. The molecule has 0 radical (unpaired) electrons. The third-order valence-corrected chi connectivity index (χ3v) is 1.95. The number of aliphatic hydroxyl groups is 3. The first-order valence-electron chi connectivity index (χ1n) is 6.25. The quantitative estimate of drug-likeness (QED) is 0.312. The summed E-state index contributed by atoms with van der Waals surface area (Å²) < 4.78 is 0. The topological polar surface area (TPSA) is 86.7 Å². The first-order valence-corrected chi connectivity index (χ1v) is 6.25. The van der Waals surface area contributed by atoms with Crippen LogP contribution in [0.4, 0.5) is 0 Å². The van der Waals surface area contributed by atoms with Crippen LogP contribution in [-0.4, -0.2) is 43.2 Å². The zero-order valence-electron chi connectivity index (χ0n) is 12.5. The second-order valence-corrected chi connectivity index (χ2v) is 3.12. The van der Waals surface area contributed by atoms with Gasteiger partial charge in [-0.25, -0.2) is 0 Å². The van der Waals surface area contributed by atoms with E-state index in [0.717, 1.165) is 34.3 Å². The first-order chi connectivity index (χ1) is 8.41. The van der Waals surface area contributed by atoms with Crippen molar-refractivity contribution in [3.8, 4) is 0 Å². The third-order valence-electron chi connectivity index (χ3n) is 1.95. The van der Waals surface area contributed by atoms with E-state index in [2.05, 4.69) is 6.92 Å². The molecule has 0 saturated carbocycles. The van der Waals surface area contributed by atoms with Crippen LogP contribution in [-0.2, 0) is 21.7 Å². The summed E-state index contributed by atoms with van der Waals surface area (Å²) in [5, 5.41) is 21.0. The number of rotatable bonds is 8. The predicted octanol–water partition coefficient (Wildman–Crippen LogP) is 1.72. The van der Waals surface area contributed by atoms with Gasteiger partial charge in [0.15, 0.2) is 0 Å². The van der Waals surface area contributed by atoms with Crippen LogP contribution < -0.4 is 5.73 Å². The van der Waals surface area contributed by atoms with Gasteiger partial charge in [0.05, 0.1) is 0 Å². The van der Waals surface area contributed by atoms with E-state index >= 15 is 0 Å². The Labute approximate surface area is 129 Å². The molecule has 0 rings (SSSR count). The van der Waals surface area contributed by atoms with Crippen molar-refractivity contribution in [3.05, 3.63) is 6.92 Å². The smallest absolute Gasteiger partial charge is 0.0319 e. The molecule has 0 aromatic carbocycles. The summed E-state index contributed by atoms with van der Waals surface area (Å²) in [6, 6.07) is 0. The minimum atomic E-state index is 0. The maximum atomic E-state index is 7.00. The fourth-order valence-electron chi connectivity index (χ4n) is 1.20. The van der Waals surface area contributed by atoms with Crippen LogP contribution in [0.1, 0.15) is 51.4 Å². The molecule has 0 aliphatic rings. The fraction of sp³-hybridized carbons (Fsp3) is 0.923. The van der Waals surface area contributed by atoms with E-state index in [9.17, 15) is 0 Å². The zero-order chi connectivity index (χ0) is 14.4. The van der Waals surface area contributed by atoms with E-state index in [-0.39, 0.29) is 21.7 Å². The van der Waals surface area contributed by atoms with Crippen LogP contribution in [0.3, 0.4) is 0 Å². The van der Waals surface area contributed by atoms with Gasteiger partial charge in [0.25, 0.3) is 0 Å². The van der Waals surface area contributed by atoms with Crippen LogP contribution in [0.25, 0.3) is 0 Å². The van der Waals surface area contributed by atoms with Gasteiger partial charge in [-0.05, 0) is 13.0 Å². The minimum absolute atomic E-state index is 0. The summed E-state index contributed by atoms with van der Waals surface area (Å²) in [6.07, 6.45) is 10.4. The third kappa shape index (κ3) is 54.7. The Morgan fingerprint density at radius 2 is 0.944 bits per heavy atom. The monoisotopic (exact) mass is 300 g/mol. The standard InChI is InChI=1S/C10H22N.3CH4O.Ti/c1-2-3-4-5-6-7-8-9-10-11;3*1-2;/h1-11H2;3*2H,1H3;/q-1;;;;. The second kappa shape index (κ2) is 52.7. The number of nitrogens with two attached hydrogens (primary N) is 1. The van der Waals surface area contributed by atoms with E-state index in [4.69, 9.17) is 21.1 Å². The molecule has 18 heavy (non-hydrogen) atoms. The average molecular weight is 300 g/mol. The summed E-state index contributed by atoms with van der Waals surface area (Å²) in [4.78, 5) is 0. The Morgan fingerprint density at radius 3 is 1.22 bits per heavy atom. The molecule has 0 atom stereocenters. The van der Waals surface area contributed by atoms with Crippen molar-refractivity contribution in [1.29, 1.82) is 0 Å². The van der Waals surface area contributed by atoms with E-state index in [1.165, 1.54) is 44.9 Å². The Kier molecular flexibility index (Phi) is 91.1. The minimum Gasteiger partial charge on any atom is -0.400 e. The fourth-order valence-corrected chi connectivity index (χ4v) is 1.20. The van der Waals surface area contributed by atoms with Gasteiger partial charge < -0.3 is 28.0 Å². The van der Waals surface area contributed by atoms with Gasteiger partial charge in [0.1, 0.15) is 0 Å². The van der Waals surface area contributed by atoms with Crippen LogP contribution in [0.2, 0.25) is 0 Å². The van der Waals surface area contributed by atoms with Crippen LogP contribution in [0.15, 0.2) is 0 Å². The van der Waals surface area contributed by atoms with E-state index in [1.54, 1.807) is 0 Å². The van der Waals surface area contributed by atoms with Crippen molar-refractivity contribution in [1.82, 2.24) is 0 Å². The van der Waals surface area contributed by atoms with Gasteiger partial charge in [0.2, 0.25) is 0 Å². The zero-order valence-corrected chi connectivity index (χ0v) is 14.1. The molecule has 4 nitrogen and oxygen atoms in total. The molecule has 0 amide bonds. The van der Waals surface area contributed by atoms with Crippen LogP contribution in [0, 0.1) is 6.92 Å². The summed E-state index contributed by atoms with van der Waals surface area (Å²) >= 11 is 0. The number of hydrogen-bond acceptors (Lipinski definition) is 4. The van der Waals surface area contributed by atoms with Gasteiger partial charge in [-0.1, -0.05) is 38.5 Å². The molecule has 0 unspecified atom stereocenters. The molecule has 0 aliphatic heterocycles. The summed E-state index contributed by atoms with van der Waals surface area (Å²) in [6.45, 7) is 4.68. The van der Waals surface area contributed by atoms with Crippen LogP contribution in [0.5, 0.6) is 0 Å². The Morgan fingerprint density at radius 1 is 0.667 bits per heavy atom. The maximum absolute atomic E-state index is 7.00. The molecule has 5 heteroatoms. The van der Waals surface area contributed by atoms with Crippen molar-refractivity contribution < 1.29 is 37.0 Å². The molecule has 0 aromatic heterocycles. The van der Waals surface area contributed by atoms with Crippen molar-refractivity contribution in [2.45, 2.75) is 51.4 Å². The molecule has 0 saturated heterocycles. The van der Waals surface area contributed by atoms with Gasteiger partial charge >= 0.3 is 0 Å². The Hall–Kier alpha value is 0.554. The SMILES string of the molecule is CO.CO.CO.[CH2-]CCCCCCCCCN.[Ti]. The van der Waals surface area contributed by atoms with Gasteiger partial charge in [0, 0.05) is 43.0 Å². The maximum Gasteiger partial charge on any atom is 0.0319 e. The number of aliphatic hydroxyl groups excluding tert-OH is 3. The largest absolute Gasteiger partial charge is 0.400 e. The average Bonchev–Trinajstić information content (AvgIpc) is 2.45. The Bertz CT molecular complexity index is 71.3. The second-order valence-electron chi connectivity index (χ2n) is 3.12. The molecular formula is C13H34NO3Ti-. The van der Waals surface area contributed by atoms with E-state index in [1.807, 2.05) is 0 Å². The molecule has 0 heterocycles. The molecule has 0 aromatic rings. The summed E-state index contributed by atoms with van der Waals surface area (Å²) in [7, 11) is 3.00. The van der Waals surface area contributed by atoms with Gasteiger partial charge in [-0.2, -0.15) is 6.42 Å². The Balaban J connectivity index is -0.0000000700. The van der Waals surface area contributed by atoms with E-state index in [0.29, 0.717) is 0 Å². The predicted molar refractivity (Wildman–Crippen MR) is 75.8 cm³/mol. The van der Waals surface area contributed by atoms with E-state index < -0.39 is 0 Å². The number of unbranched alkanes of at least 4 members (excludes halogenated alkanes) is 7. The van der Waals surface area contributed by atoms with Crippen molar-refractivity contribution in [3.63, 3.8) is 0 Å². The van der Waals surface area contributed by atoms with Crippen molar-refractivity contribution in [2.75, 3.05) is 27.9 Å². The molecular weight excluding hydrogens is 266 g/mol. The molecule has 0 fully saturated rings. The molecule has 0 spiro atoms. The van der Waals surface area contributed by atoms with Gasteiger partial charge in [-0.15, -0.1) is 0 Å². The van der Waals surface area contributed by atoms with Gasteiger partial charge in [-0.3, -0.25) is 0 Å². The normalized spacial score (nSPS) is 7.33. The number of hydrogen-bond donors (Lipinski definition) is 4. The molecule has 114 valence electrons. The summed E-state index contributed by atoms with van der Waals surface area (Å²) in [5.41, 5.74) is 5.38. The molecule has 0 bridgehead atoms. The van der Waals surface area contributed by atoms with Crippen molar-refractivity contribution >= 4 is 0 Å². The van der Waals surface area contributed by atoms with Crippen molar-refractivity contribution in [2.24, 2.45) is 5.73 Å². The molecule has 0 aliphatic carbocycles.